The molecule has 0 spiro atoms. The highest BCUT2D eigenvalue weighted by molar-refractivity contribution is 5.80. The Labute approximate surface area is 154 Å². The third kappa shape index (κ3) is 4.49. The molecule has 26 heavy (non-hydrogen) atoms. The standard InChI is InChI=1S/C20H28N4O2/c1-15(2)13-18(25)20(26)23-10-5-17(6-11-23)19-22-9-12-24(19)14-16-3-7-21-8-4-16/h3-4,7-9,12,15,17-18,25H,5-6,10-11,13-14H2,1-2H3. The normalized spacial score (nSPS) is 16.8. The van der Waals surface area contributed by atoms with Crippen molar-refractivity contribution in [3.63, 3.8) is 0 Å². The van der Waals surface area contributed by atoms with Crippen molar-refractivity contribution in [3.8, 4) is 0 Å². The molecule has 0 radical (unpaired) electrons. The molecule has 0 aliphatic carbocycles. The third-order valence-electron chi connectivity index (χ3n) is 5.00. The molecule has 1 saturated heterocycles. The summed E-state index contributed by atoms with van der Waals surface area (Å²) >= 11 is 0. The fourth-order valence-electron chi connectivity index (χ4n) is 3.62. The van der Waals surface area contributed by atoms with E-state index in [0.29, 0.717) is 31.3 Å². The van der Waals surface area contributed by atoms with E-state index in [-0.39, 0.29) is 5.91 Å². The Morgan fingerprint density at radius 2 is 1.92 bits per heavy atom. The van der Waals surface area contributed by atoms with Crippen LogP contribution in [0, 0.1) is 5.92 Å². The Morgan fingerprint density at radius 1 is 1.23 bits per heavy atom. The van der Waals surface area contributed by atoms with Crippen LogP contribution in [0.3, 0.4) is 0 Å². The van der Waals surface area contributed by atoms with Crippen molar-refractivity contribution in [3.05, 3.63) is 48.3 Å². The maximum absolute atomic E-state index is 12.4. The van der Waals surface area contributed by atoms with E-state index >= 15 is 0 Å². The lowest BCUT2D eigenvalue weighted by molar-refractivity contribution is -0.142. The number of hydrogen-bond acceptors (Lipinski definition) is 4. The Balaban J connectivity index is 1.59. The first-order chi connectivity index (χ1) is 12.5. The molecule has 3 rings (SSSR count). The number of aliphatic hydroxyl groups is 1. The van der Waals surface area contributed by atoms with Crippen molar-refractivity contribution >= 4 is 5.91 Å². The van der Waals surface area contributed by atoms with E-state index in [0.717, 1.165) is 25.2 Å². The van der Waals surface area contributed by atoms with Crippen molar-refractivity contribution in [1.82, 2.24) is 19.4 Å². The summed E-state index contributed by atoms with van der Waals surface area (Å²) in [5, 5.41) is 10.1. The van der Waals surface area contributed by atoms with Gasteiger partial charge in [-0.3, -0.25) is 9.78 Å². The van der Waals surface area contributed by atoms with Crippen molar-refractivity contribution in [2.45, 2.75) is 51.7 Å². The lowest BCUT2D eigenvalue weighted by Gasteiger charge is -2.33. The minimum atomic E-state index is -0.875. The molecule has 1 N–H and O–H groups in total. The van der Waals surface area contributed by atoms with E-state index in [1.807, 2.05) is 38.4 Å². The topological polar surface area (TPSA) is 71.2 Å². The number of carbonyl (C=O) groups excluding carboxylic acids is 1. The number of rotatable bonds is 6. The van der Waals surface area contributed by atoms with Gasteiger partial charge in [0.05, 0.1) is 0 Å². The molecule has 1 aliphatic rings. The second-order valence-electron chi connectivity index (χ2n) is 7.51. The number of aromatic nitrogens is 3. The average molecular weight is 356 g/mol. The van der Waals surface area contributed by atoms with Gasteiger partial charge in [0.25, 0.3) is 5.91 Å². The first-order valence-corrected chi connectivity index (χ1v) is 9.41. The fraction of sp³-hybridized carbons (Fsp3) is 0.550. The minimum Gasteiger partial charge on any atom is -0.383 e. The maximum Gasteiger partial charge on any atom is 0.251 e. The minimum absolute atomic E-state index is 0.128. The second kappa shape index (κ2) is 8.45. The maximum atomic E-state index is 12.4. The Kier molecular flexibility index (Phi) is 6.04. The van der Waals surface area contributed by atoms with E-state index in [2.05, 4.69) is 14.5 Å². The van der Waals surface area contributed by atoms with Crippen LogP contribution in [-0.2, 0) is 11.3 Å². The molecular formula is C20H28N4O2. The zero-order valence-electron chi connectivity index (χ0n) is 15.6. The molecule has 1 aliphatic heterocycles. The van der Waals surface area contributed by atoms with Gasteiger partial charge in [0.2, 0.25) is 0 Å². The van der Waals surface area contributed by atoms with Crippen molar-refractivity contribution in [2.24, 2.45) is 5.92 Å². The quantitative estimate of drug-likeness (QED) is 0.863. The van der Waals surface area contributed by atoms with Crippen molar-refractivity contribution in [1.29, 1.82) is 0 Å². The van der Waals surface area contributed by atoms with Crippen LogP contribution >= 0.6 is 0 Å². The molecule has 3 heterocycles. The van der Waals surface area contributed by atoms with Crippen LogP contribution in [0.5, 0.6) is 0 Å². The highest BCUT2D eigenvalue weighted by atomic mass is 16.3. The van der Waals surface area contributed by atoms with Crippen LogP contribution in [0.4, 0.5) is 0 Å². The monoisotopic (exact) mass is 356 g/mol. The first-order valence-electron chi connectivity index (χ1n) is 9.41. The van der Waals surface area contributed by atoms with E-state index in [1.54, 1.807) is 17.3 Å². The number of piperidine rings is 1. The molecule has 6 nitrogen and oxygen atoms in total. The van der Waals surface area contributed by atoms with E-state index in [1.165, 1.54) is 5.56 Å². The Hall–Kier alpha value is -2.21. The summed E-state index contributed by atoms with van der Waals surface area (Å²) in [6.45, 7) is 6.18. The lowest BCUT2D eigenvalue weighted by atomic mass is 9.95. The van der Waals surface area contributed by atoms with Gasteiger partial charge in [0, 0.05) is 50.3 Å². The SMILES string of the molecule is CC(C)CC(O)C(=O)N1CCC(c2nccn2Cc2ccncc2)CC1. The van der Waals surface area contributed by atoms with Crippen molar-refractivity contribution < 1.29 is 9.90 Å². The molecular weight excluding hydrogens is 328 g/mol. The summed E-state index contributed by atoms with van der Waals surface area (Å²) in [5.74, 6) is 1.61. The second-order valence-corrected chi connectivity index (χ2v) is 7.51. The van der Waals surface area contributed by atoms with Gasteiger partial charge in [-0.1, -0.05) is 13.8 Å². The molecule has 2 aromatic heterocycles. The van der Waals surface area contributed by atoms with Gasteiger partial charge in [-0.15, -0.1) is 0 Å². The van der Waals surface area contributed by atoms with E-state index < -0.39 is 6.10 Å². The molecule has 1 atom stereocenters. The van der Waals surface area contributed by atoms with Crippen LogP contribution < -0.4 is 0 Å². The molecule has 2 aromatic rings. The number of likely N-dealkylation sites (tertiary alicyclic amines) is 1. The van der Waals surface area contributed by atoms with Crippen LogP contribution in [0.15, 0.2) is 36.9 Å². The van der Waals surface area contributed by atoms with Crippen LogP contribution in [0.25, 0.3) is 0 Å². The predicted octanol–water partition coefficient (Wildman–Crippen LogP) is 2.44. The molecule has 0 bridgehead atoms. The summed E-state index contributed by atoms with van der Waals surface area (Å²) in [6, 6.07) is 4.03. The zero-order chi connectivity index (χ0) is 18.5. The zero-order valence-corrected chi connectivity index (χ0v) is 15.6. The Bertz CT molecular complexity index is 706. The van der Waals surface area contributed by atoms with Gasteiger partial charge in [-0.25, -0.2) is 4.98 Å². The van der Waals surface area contributed by atoms with Gasteiger partial charge in [-0.2, -0.15) is 0 Å². The number of hydrogen-bond donors (Lipinski definition) is 1. The first kappa shape index (κ1) is 18.6. The number of nitrogens with zero attached hydrogens (tertiary/aromatic N) is 4. The number of amides is 1. The van der Waals surface area contributed by atoms with Crippen LogP contribution in [-0.4, -0.2) is 49.6 Å². The number of pyridine rings is 1. The van der Waals surface area contributed by atoms with Gasteiger partial charge in [-0.05, 0) is 42.9 Å². The number of imidazole rings is 1. The molecule has 0 aromatic carbocycles. The highest BCUT2D eigenvalue weighted by Gasteiger charge is 2.29. The van der Waals surface area contributed by atoms with Crippen LogP contribution in [0.2, 0.25) is 0 Å². The molecule has 1 unspecified atom stereocenters. The molecule has 0 saturated carbocycles. The number of aliphatic hydroxyl groups excluding tert-OH is 1. The van der Waals surface area contributed by atoms with Gasteiger partial charge >= 0.3 is 0 Å². The van der Waals surface area contributed by atoms with Crippen LogP contribution in [0.1, 0.15) is 50.4 Å². The molecule has 1 fully saturated rings. The average Bonchev–Trinajstić information content (AvgIpc) is 3.09. The summed E-state index contributed by atoms with van der Waals surface area (Å²) in [4.78, 5) is 22.8. The largest absolute Gasteiger partial charge is 0.383 e. The smallest absolute Gasteiger partial charge is 0.251 e. The predicted molar refractivity (Wildman–Crippen MR) is 99.6 cm³/mol. The summed E-state index contributed by atoms with van der Waals surface area (Å²) in [6.07, 6.45) is 8.88. The van der Waals surface area contributed by atoms with Gasteiger partial charge in [0.15, 0.2) is 0 Å². The summed E-state index contributed by atoms with van der Waals surface area (Å²) in [7, 11) is 0. The third-order valence-corrected chi connectivity index (χ3v) is 5.00. The summed E-state index contributed by atoms with van der Waals surface area (Å²) < 4.78 is 2.19. The molecule has 1 amide bonds. The molecule has 6 heteroatoms. The highest BCUT2D eigenvalue weighted by Crippen LogP contribution is 2.28. The lowest BCUT2D eigenvalue weighted by Crippen LogP contribution is -2.44. The van der Waals surface area contributed by atoms with Crippen molar-refractivity contribution in [2.75, 3.05) is 13.1 Å². The van der Waals surface area contributed by atoms with Gasteiger partial charge < -0.3 is 14.6 Å². The van der Waals surface area contributed by atoms with Gasteiger partial charge in [0.1, 0.15) is 11.9 Å². The molecule has 140 valence electrons. The summed E-state index contributed by atoms with van der Waals surface area (Å²) in [5.41, 5.74) is 1.20. The van der Waals surface area contributed by atoms with E-state index in [9.17, 15) is 9.90 Å². The fourth-order valence-corrected chi connectivity index (χ4v) is 3.62. The Morgan fingerprint density at radius 3 is 2.58 bits per heavy atom. The number of carbonyl (C=O) groups is 1. The van der Waals surface area contributed by atoms with E-state index in [4.69, 9.17) is 0 Å².